The van der Waals surface area contributed by atoms with Gasteiger partial charge in [-0.1, -0.05) is 0 Å². The van der Waals surface area contributed by atoms with E-state index in [1.165, 1.54) is 0 Å². The topological polar surface area (TPSA) is 56.0 Å². The van der Waals surface area contributed by atoms with Gasteiger partial charge >= 0.3 is 0 Å². The molecule has 3 nitrogen and oxygen atoms in total. The van der Waals surface area contributed by atoms with Gasteiger partial charge in [-0.05, 0) is 34.5 Å². The molecule has 2 N–H and O–H groups in total. The molecule has 0 aliphatic rings. The fraction of sp³-hybridized carbons (Fsp3) is 0.143. The zero-order chi connectivity index (χ0) is 8.43. The third-order valence-corrected chi connectivity index (χ3v) is 1.82. The first-order chi connectivity index (χ1) is 5.11. The Labute approximate surface area is 72.7 Å². The summed E-state index contributed by atoms with van der Waals surface area (Å²) in [5, 5.41) is 0. The molecule has 0 aliphatic carbocycles. The summed E-state index contributed by atoms with van der Waals surface area (Å²) in [5.41, 5.74) is 6.29. The van der Waals surface area contributed by atoms with Crippen LogP contribution in [0, 0.1) is 6.92 Å². The van der Waals surface area contributed by atoms with E-state index in [0.29, 0.717) is 4.47 Å². The maximum Gasteiger partial charge on any atom is 0.268 e. The van der Waals surface area contributed by atoms with Gasteiger partial charge in [0, 0.05) is 10.7 Å². The molecule has 0 radical (unpaired) electrons. The maximum absolute atomic E-state index is 10.7. The van der Waals surface area contributed by atoms with Gasteiger partial charge in [-0.2, -0.15) is 0 Å². The molecular formula is C7H7BrN2O. The SMILES string of the molecule is Cc1cnc(C(N)=O)c(Br)c1. The van der Waals surface area contributed by atoms with Crippen LogP contribution in [0.15, 0.2) is 16.7 Å². The largest absolute Gasteiger partial charge is 0.364 e. The predicted octanol–water partition coefficient (Wildman–Crippen LogP) is 1.25. The fourth-order valence-electron chi connectivity index (χ4n) is 0.715. The van der Waals surface area contributed by atoms with Crippen molar-refractivity contribution in [1.82, 2.24) is 4.98 Å². The first-order valence-electron chi connectivity index (χ1n) is 3.03. The van der Waals surface area contributed by atoms with Crippen LogP contribution in [0.5, 0.6) is 0 Å². The molecule has 1 rings (SSSR count). The number of hydrogen-bond acceptors (Lipinski definition) is 2. The molecule has 58 valence electrons. The molecule has 0 aromatic carbocycles. The highest BCUT2D eigenvalue weighted by molar-refractivity contribution is 9.10. The van der Waals surface area contributed by atoms with Crippen molar-refractivity contribution in [2.75, 3.05) is 0 Å². The van der Waals surface area contributed by atoms with E-state index in [4.69, 9.17) is 5.73 Å². The molecule has 1 amide bonds. The van der Waals surface area contributed by atoms with E-state index in [-0.39, 0.29) is 5.69 Å². The summed E-state index contributed by atoms with van der Waals surface area (Å²) in [7, 11) is 0. The summed E-state index contributed by atoms with van der Waals surface area (Å²) < 4.78 is 0.644. The van der Waals surface area contributed by atoms with E-state index in [1.54, 1.807) is 12.3 Å². The van der Waals surface area contributed by atoms with E-state index in [0.717, 1.165) is 5.56 Å². The van der Waals surface area contributed by atoms with Gasteiger partial charge in [-0.15, -0.1) is 0 Å². The van der Waals surface area contributed by atoms with Crippen LogP contribution in [0.2, 0.25) is 0 Å². The number of nitrogens with two attached hydrogens (primary N) is 1. The number of nitrogens with zero attached hydrogens (tertiary/aromatic N) is 1. The smallest absolute Gasteiger partial charge is 0.268 e. The highest BCUT2D eigenvalue weighted by Crippen LogP contribution is 2.14. The minimum atomic E-state index is -0.517. The third kappa shape index (κ3) is 1.77. The Hall–Kier alpha value is -0.900. The zero-order valence-corrected chi connectivity index (χ0v) is 7.55. The number of hydrogen-bond donors (Lipinski definition) is 1. The number of pyridine rings is 1. The molecule has 0 fully saturated rings. The molecule has 11 heavy (non-hydrogen) atoms. The number of rotatable bonds is 1. The van der Waals surface area contributed by atoms with Gasteiger partial charge in [-0.25, -0.2) is 4.98 Å². The Morgan fingerprint density at radius 1 is 1.73 bits per heavy atom. The Kier molecular flexibility index (Phi) is 2.24. The second-order valence-electron chi connectivity index (χ2n) is 2.21. The maximum atomic E-state index is 10.7. The van der Waals surface area contributed by atoms with Crippen LogP contribution >= 0.6 is 15.9 Å². The van der Waals surface area contributed by atoms with Crippen LogP contribution in [-0.4, -0.2) is 10.9 Å². The number of halogens is 1. The van der Waals surface area contributed by atoms with Crippen LogP contribution in [0.3, 0.4) is 0 Å². The van der Waals surface area contributed by atoms with Gasteiger partial charge in [0.15, 0.2) is 0 Å². The van der Waals surface area contributed by atoms with Crippen LogP contribution < -0.4 is 5.73 Å². The van der Waals surface area contributed by atoms with E-state index in [1.807, 2.05) is 6.92 Å². The van der Waals surface area contributed by atoms with Crippen LogP contribution in [0.25, 0.3) is 0 Å². The predicted molar refractivity (Wildman–Crippen MR) is 45.2 cm³/mol. The van der Waals surface area contributed by atoms with Crippen molar-refractivity contribution in [3.05, 3.63) is 28.0 Å². The molecule has 0 bridgehead atoms. The highest BCUT2D eigenvalue weighted by Gasteiger charge is 2.06. The summed E-state index contributed by atoms with van der Waals surface area (Å²) in [6, 6.07) is 1.80. The van der Waals surface area contributed by atoms with Crippen molar-refractivity contribution in [3.8, 4) is 0 Å². The Morgan fingerprint density at radius 3 is 2.82 bits per heavy atom. The molecular weight excluding hydrogens is 208 g/mol. The normalized spacial score (nSPS) is 9.64. The lowest BCUT2D eigenvalue weighted by Crippen LogP contribution is -2.13. The standard InChI is InChI=1S/C7H7BrN2O/c1-4-2-5(8)6(7(9)11)10-3-4/h2-3H,1H3,(H2,9,11). The first-order valence-corrected chi connectivity index (χ1v) is 3.82. The van der Waals surface area contributed by atoms with Crippen molar-refractivity contribution in [1.29, 1.82) is 0 Å². The van der Waals surface area contributed by atoms with Crippen molar-refractivity contribution < 1.29 is 4.79 Å². The monoisotopic (exact) mass is 214 g/mol. The highest BCUT2D eigenvalue weighted by atomic mass is 79.9. The lowest BCUT2D eigenvalue weighted by Gasteiger charge is -1.98. The average Bonchev–Trinajstić information content (AvgIpc) is 1.85. The van der Waals surface area contributed by atoms with Crippen molar-refractivity contribution >= 4 is 21.8 Å². The van der Waals surface area contributed by atoms with Crippen LogP contribution in [-0.2, 0) is 0 Å². The summed E-state index contributed by atoms with van der Waals surface area (Å²) >= 11 is 3.18. The van der Waals surface area contributed by atoms with Crippen LogP contribution in [0.1, 0.15) is 16.1 Å². The van der Waals surface area contributed by atoms with Crippen molar-refractivity contribution in [3.63, 3.8) is 0 Å². The van der Waals surface area contributed by atoms with Gasteiger partial charge < -0.3 is 5.73 Å². The van der Waals surface area contributed by atoms with Gasteiger partial charge in [0.2, 0.25) is 0 Å². The number of aromatic nitrogens is 1. The summed E-state index contributed by atoms with van der Waals surface area (Å²) in [5.74, 6) is -0.517. The van der Waals surface area contributed by atoms with Gasteiger partial charge in [0.1, 0.15) is 5.69 Å². The number of amides is 1. The fourth-order valence-corrected chi connectivity index (χ4v) is 1.37. The second kappa shape index (κ2) is 3.00. The molecule has 0 saturated heterocycles. The van der Waals surface area contributed by atoms with E-state index in [2.05, 4.69) is 20.9 Å². The molecule has 0 unspecified atom stereocenters. The second-order valence-corrected chi connectivity index (χ2v) is 3.06. The summed E-state index contributed by atoms with van der Waals surface area (Å²) in [6.07, 6.45) is 1.60. The van der Waals surface area contributed by atoms with E-state index >= 15 is 0 Å². The minimum Gasteiger partial charge on any atom is -0.364 e. The molecule has 0 spiro atoms. The molecule has 1 aromatic rings. The number of aryl methyl sites for hydroxylation is 1. The molecule has 1 heterocycles. The van der Waals surface area contributed by atoms with Crippen molar-refractivity contribution in [2.24, 2.45) is 5.73 Å². The first kappa shape index (κ1) is 8.20. The molecule has 4 heteroatoms. The van der Waals surface area contributed by atoms with Gasteiger partial charge in [0.05, 0.1) is 0 Å². The minimum absolute atomic E-state index is 0.274. The zero-order valence-electron chi connectivity index (χ0n) is 5.97. The molecule has 0 aliphatic heterocycles. The Morgan fingerprint density at radius 2 is 2.36 bits per heavy atom. The number of carbonyl (C=O) groups excluding carboxylic acids is 1. The van der Waals surface area contributed by atoms with E-state index < -0.39 is 5.91 Å². The lowest BCUT2D eigenvalue weighted by molar-refractivity contribution is 0.0995. The molecule has 0 saturated carbocycles. The summed E-state index contributed by atoms with van der Waals surface area (Å²) in [4.78, 5) is 14.5. The molecule has 0 atom stereocenters. The Bertz CT molecular complexity index is 298. The number of carbonyl (C=O) groups is 1. The van der Waals surface area contributed by atoms with E-state index in [9.17, 15) is 4.79 Å². The molecule has 1 aromatic heterocycles. The average molecular weight is 215 g/mol. The summed E-state index contributed by atoms with van der Waals surface area (Å²) in [6.45, 7) is 1.89. The van der Waals surface area contributed by atoms with Crippen LogP contribution in [0.4, 0.5) is 0 Å². The third-order valence-electron chi connectivity index (χ3n) is 1.21. The Balaban J connectivity index is 3.20. The quantitative estimate of drug-likeness (QED) is 0.766. The van der Waals surface area contributed by atoms with Crippen molar-refractivity contribution in [2.45, 2.75) is 6.92 Å². The van der Waals surface area contributed by atoms with Gasteiger partial charge in [-0.3, -0.25) is 4.79 Å². The van der Waals surface area contributed by atoms with Gasteiger partial charge in [0.25, 0.3) is 5.91 Å². The number of primary amides is 1. The lowest BCUT2D eigenvalue weighted by atomic mass is 10.3.